The Labute approximate surface area is 94.4 Å². The van der Waals surface area contributed by atoms with Crippen LogP contribution in [0.25, 0.3) is 0 Å². The molecule has 0 aromatic carbocycles. The average Bonchev–Trinajstić information content (AvgIpc) is 2.21. The van der Waals surface area contributed by atoms with Crippen LogP contribution in [0.1, 0.15) is 46.5 Å². The third-order valence-electron chi connectivity index (χ3n) is 2.87. The Morgan fingerprint density at radius 3 is 2.50 bits per heavy atom. The van der Waals surface area contributed by atoms with Gasteiger partial charge in [0.25, 0.3) is 0 Å². The van der Waals surface area contributed by atoms with Crippen molar-refractivity contribution in [3.63, 3.8) is 0 Å². The van der Waals surface area contributed by atoms with E-state index in [0.717, 1.165) is 5.92 Å². The smallest absolute Gasteiger partial charge is 0.00668 e. The van der Waals surface area contributed by atoms with Crippen LogP contribution in [-0.4, -0.2) is 24.6 Å². The van der Waals surface area contributed by atoms with E-state index in [-0.39, 0.29) is 0 Å². The second-order valence-corrected chi connectivity index (χ2v) is 5.03. The zero-order chi connectivity index (χ0) is 10.8. The molecule has 0 aliphatic heterocycles. The molecule has 0 bridgehead atoms. The van der Waals surface area contributed by atoms with Crippen molar-refractivity contribution in [3.8, 4) is 0 Å². The van der Waals surface area contributed by atoms with Gasteiger partial charge >= 0.3 is 0 Å². The third kappa shape index (κ3) is 6.72. The van der Waals surface area contributed by atoms with Crippen LogP contribution in [0, 0.1) is 5.92 Å². The van der Waals surface area contributed by atoms with E-state index in [1.807, 2.05) is 11.8 Å². The van der Waals surface area contributed by atoms with E-state index in [1.165, 1.54) is 38.0 Å². The minimum atomic E-state index is 0.696. The Balaban J connectivity index is 3.62. The van der Waals surface area contributed by atoms with Crippen molar-refractivity contribution in [2.45, 2.75) is 52.5 Å². The molecule has 86 valence electrons. The summed E-state index contributed by atoms with van der Waals surface area (Å²) in [6.45, 7) is 8.05. The van der Waals surface area contributed by atoms with Crippen LogP contribution in [0.5, 0.6) is 0 Å². The summed E-state index contributed by atoms with van der Waals surface area (Å²) in [7, 11) is 0. The lowest BCUT2D eigenvalue weighted by Gasteiger charge is -2.23. The fraction of sp³-hybridized carbons (Fsp3) is 1.00. The highest BCUT2D eigenvalue weighted by molar-refractivity contribution is 7.98. The molecule has 2 atom stereocenters. The molecule has 0 rings (SSSR count). The van der Waals surface area contributed by atoms with Crippen LogP contribution in [0.2, 0.25) is 0 Å². The Morgan fingerprint density at radius 2 is 2.00 bits per heavy atom. The Kier molecular flexibility index (Phi) is 10.1. The van der Waals surface area contributed by atoms with E-state index in [9.17, 15) is 0 Å². The number of rotatable bonds is 9. The second-order valence-electron chi connectivity index (χ2n) is 4.05. The van der Waals surface area contributed by atoms with Gasteiger partial charge in [-0.15, -0.1) is 0 Å². The van der Waals surface area contributed by atoms with Crippen LogP contribution in [0.4, 0.5) is 0 Å². The molecule has 0 spiro atoms. The van der Waals surface area contributed by atoms with Gasteiger partial charge in [-0.3, -0.25) is 0 Å². The van der Waals surface area contributed by atoms with Gasteiger partial charge in [-0.1, -0.05) is 20.3 Å². The van der Waals surface area contributed by atoms with Gasteiger partial charge in [0.1, 0.15) is 0 Å². The summed E-state index contributed by atoms with van der Waals surface area (Å²) in [5, 5.41) is 3.60. The number of thioether (sulfide) groups is 1. The van der Waals surface area contributed by atoms with E-state index in [4.69, 9.17) is 0 Å². The van der Waals surface area contributed by atoms with E-state index in [1.54, 1.807) is 0 Å². The predicted molar refractivity (Wildman–Crippen MR) is 69.2 cm³/mol. The molecular formula is C12H27NS. The van der Waals surface area contributed by atoms with Gasteiger partial charge < -0.3 is 5.32 Å². The van der Waals surface area contributed by atoms with Crippen LogP contribution in [-0.2, 0) is 0 Å². The van der Waals surface area contributed by atoms with Crippen molar-refractivity contribution in [1.29, 1.82) is 0 Å². The third-order valence-corrected chi connectivity index (χ3v) is 3.57. The minimum Gasteiger partial charge on any atom is -0.314 e. The van der Waals surface area contributed by atoms with Crippen LogP contribution < -0.4 is 5.32 Å². The standard InChI is InChI=1S/C12H27NS/c1-5-9-13-11(3)12(6-2)8-7-10-14-4/h11-13H,5-10H2,1-4H3. The normalized spacial score (nSPS) is 15.4. The largest absolute Gasteiger partial charge is 0.314 e. The predicted octanol–water partition coefficient (Wildman–Crippen LogP) is 3.54. The van der Waals surface area contributed by atoms with Crippen molar-refractivity contribution in [1.82, 2.24) is 5.32 Å². The molecule has 1 nitrogen and oxygen atoms in total. The molecule has 2 unspecified atom stereocenters. The number of hydrogen-bond donors (Lipinski definition) is 1. The van der Waals surface area contributed by atoms with Crippen molar-refractivity contribution in [2.24, 2.45) is 5.92 Å². The Morgan fingerprint density at radius 1 is 1.29 bits per heavy atom. The molecule has 0 fully saturated rings. The first-order valence-electron chi connectivity index (χ1n) is 5.98. The maximum Gasteiger partial charge on any atom is 0.00668 e. The summed E-state index contributed by atoms with van der Waals surface area (Å²) in [6.07, 6.45) is 7.50. The summed E-state index contributed by atoms with van der Waals surface area (Å²) < 4.78 is 0. The molecule has 0 heterocycles. The van der Waals surface area contributed by atoms with Gasteiger partial charge in [-0.2, -0.15) is 11.8 Å². The maximum atomic E-state index is 3.60. The van der Waals surface area contributed by atoms with Gasteiger partial charge in [-0.05, 0) is 50.7 Å². The zero-order valence-corrected chi connectivity index (χ0v) is 11.1. The van der Waals surface area contributed by atoms with E-state index < -0.39 is 0 Å². The van der Waals surface area contributed by atoms with Gasteiger partial charge in [0.05, 0.1) is 0 Å². The lowest BCUT2D eigenvalue weighted by molar-refractivity contribution is 0.342. The molecule has 0 amide bonds. The first kappa shape index (κ1) is 14.3. The summed E-state index contributed by atoms with van der Waals surface area (Å²) in [5.41, 5.74) is 0. The summed E-state index contributed by atoms with van der Waals surface area (Å²) >= 11 is 1.96. The summed E-state index contributed by atoms with van der Waals surface area (Å²) in [5.74, 6) is 2.19. The van der Waals surface area contributed by atoms with Gasteiger partial charge in [0.2, 0.25) is 0 Å². The minimum absolute atomic E-state index is 0.696. The number of nitrogens with one attached hydrogen (secondary N) is 1. The fourth-order valence-corrected chi connectivity index (χ4v) is 2.29. The Hall–Kier alpha value is 0.310. The van der Waals surface area contributed by atoms with Crippen LogP contribution in [0.15, 0.2) is 0 Å². The zero-order valence-electron chi connectivity index (χ0n) is 10.3. The second kappa shape index (κ2) is 9.85. The molecule has 14 heavy (non-hydrogen) atoms. The van der Waals surface area contributed by atoms with Gasteiger partial charge in [-0.25, -0.2) is 0 Å². The first-order valence-corrected chi connectivity index (χ1v) is 7.37. The maximum absolute atomic E-state index is 3.60. The van der Waals surface area contributed by atoms with Crippen molar-refractivity contribution < 1.29 is 0 Å². The van der Waals surface area contributed by atoms with E-state index in [0.29, 0.717) is 6.04 Å². The summed E-state index contributed by atoms with van der Waals surface area (Å²) in [6, 6.07) is 0.696. The molecule has 0 saturated carbocycles. The Bertz CT molecular complexity index is 117. The van der Waals surface area contributed by atoms with Crippen LogP contribution >= 0.6 is 11.8 Å². The molecule has 0 aromatic rings. The molecule has 0 aromatic heterocycles. The molecule has 0 radical (unpaired) electrons. The quantitative estimate of drug-likeness (QED) is 0.593. The van der Waals surface area contributed by atoms with Gasteiger partial charge in [0, 0.05) is 6.04 Å². The number of hydrogen-bond acceptors (Lipinski definition) is 2. The molecule has 1 N–H and O–H groups in total. The van der Waals surface area contributed by atoms with Crippen molar-refractivity contribution >= 4 is 11.8 Å². The fourth-order valence-electron chi connectivity index (χ4n) is 1.84. The summed E-state index contributed by atoms with van der Waals surface area (Å²) in [4.78, 5) is 0. The first-order chi connectivity index (χ1) is 6.76. The molecule has 0 saturated heterocycles. The topological polar surface area (TPSA) is 12.0 Å². The van der Waals surface area contributed by atoms with E-state index in [2.05, 4.69) is 32.3 Å². The molecule has 0 aliphatic rings. The van der Waals surface area contributed by atoms with E-state index >= 15 is 0 Å². The molecular weight excluding hydrogens is 190 g/mol. The van der Waals surface area contributed by atoms with Crippen molar-refractivity contribution in [2.75, 3.05) is 18.6 Å². The highest BCUT2D eigenvalue weighted by Gasteiger charge is 2.13. The van der Waals surface area contributed by atoms with Gasteiger partial charge in [0.15, 0.2) is 0 Å². The monoisotopic (exact) mass is 217 g/mol. The lowest BCUT2D eigenvalue weighted by atomic mass is 9.93. The molecule has 2 heteroatoms. The highest BCUT2D eigenvalue weighted by atomic mass is 32.2. The highest BCUT2D eigenvalue weighted by Crippen LogP contribution is 2.16. The molecule has 0 aliphatic carbocycles. The van der Waals surface area contributed by atoms with Crippen LogP contribution in [0.3, 0.4) is 0 Å². The SMILES string of the molecule is CCCNC(C)C(CC)CCCSC. The average molecular weight is 217 g/mol. The van der Waals surface area contributed by atoms with Crippen molar-refractivity contribution in [3.05, 3.63) is 0 Å². The lowest BCUT2D eigenvalue weighted by Crippen LogP contribution is -2.33.